The Morgan fingerprint density at radius 1 is 1.16 bits per heavy atom. The monoisotopic (exact) mass is 349 g/mol. The van der Waals surface area contributed by atoms with E-state index in [4.69, 9.17) is 4.52 Å². The van der Waals surface area contributed by atoms with Crippen molar-refractivity contribution in [2.45, 2.75) is 58.5 Å². The molecule has 1 aromatic heterocycles. The van der Waals surface area contributed by atoms with Gasteiger partial charge in [-0.25, -0.2) is 0 Å². The lowest BCUT2D eigenvalue weighted by molar-refractivity contribution is -0.136. The summed E-state index contributed by atoms with van der Waals surface area (Å²) in [5.41, 5.74) is 0. The normalized spacial score (nSPS) is 23.4. The molecule has 7 nitrogen and oxygen atoms in total. The molecule has 2 aliphatic rings. The van der Waals surface area contributed by atoms with Crippen LogP contribution in [0.3, 0.4) is 0 Å². The Morgan fingerprint density at radius 2 is 1.88 bits per heavy atom. The van der Waals surface area contributed by atoms with Crippen molar-refractivity contribution in [3.63, 3.8) is 0 Å². The first-order valence-electron chi connectivity index (χ1n) is 9.59. The summed E-state index contributed by atoms with van der Waals surface area (Å²) < 4.78 is 5.33. The van der Waals surface area contributed by atoms with Crippen molar-refractivity contribution >= 4 is 5.91 Å². The van der Waals surface area contributed by atoms with E-state index in [1.165, 1.54) is 6.42 Å². The molecule has 0 aliphatic carbocycles. The maximum Gasteiger partial charge on any atom is 0.240 e. The number of nitrogens with zero attached hydrogens (tertiary/aromatic N) is 5. The Balaban J connectivity index is 1.42. The van der Waals surface area contributed by atoms with Crippen LogP contribution < -0.4 is 0 Å². The van der Waals surface area contributed by atoms with Crippen molar-refractivity contribution in [3.05, 3.63) is 11.7 Å². The van der Waals surface area contributed by atoms with Gasteiger partial charge in [-0.1, -0.05) is 19.0 Å². The highest BCUT2D eigenvalue weighted by molar-refractivity contribution is 5.78. The van der Waals surface area contributed by atoms with Crippen LogP contribution in [0.25, 0.3) is 0 Å². The van der Waals surface area contributed by atoms with Gasteiger partial charge >= 0.3 is 0 Å². The van der Waals surface area contributed by atoms with Crippen LogP contribution in [0.15, 0.2) is 4.52 Å². The molecule has 25 heavy (non-hydrogen) atoms. The van der Waals surface area contributed by atoms with Gasteiger partial charge in [-0.15, -0.1) is 0 Å². The SMILES string of the molecule is CC(C)c1noc(CN2CCN(CC(=O)N3CCCCC3C)CC2)n1. The second kappa shape index (κ2) is 8.27. The molecule has 0 bridgehead atoms. The maximum absolute atomic E-state index is 12.6. The van der Waals surface area contributed by atoms with E-state index in [1.54, 1.807) is 0 Å². The third-order valence-corrected chi connectivity index (χ3v) is 5.31. The lowest BCUT2D eigenvalue weighted by Crippen LogP contribution is -2.51. The fraction of sp³-hybridized carbons (Fsp3) is 0.833. The van der Waals surface area contributed by atoms with Crippen LogP contribution in [-0.4, -0.2) is 76.1 Å². The quantitative estimate of drug-likeness (QED) is 0.806. The number of piperazine rings is 1. The molecule has 7 heteroatoms. The van der Waals surface area contributed by atoms with E-state index < -0.39 is 0 Å². The first-order chi connectivity index (χ1) is 12.0. The molecule has 1 atom stereocenters. The summed E-state index contributed by atoms with van der Waals surface area (Å²) in [5, 5.41) is 4.02. The zero-order valence-electron chi connectivity index (χ0n) is 15.8. The number of carbonyl (C=O) groups excluding carboxylic acids is 1. The van der Waals surface area contributed by atoms with Crippen LogP contribution in [0.1, 0.15) is 57.7 Å². The molecule has 0 spiro atoms. The molecule has 0 aromatic carbocycles. The fourth-order valence-corrected chi connectivity index (χ4v) is 3.61. The highest BCUT2D eigenvalue weighted by atomic mass is 16.5. The number of piperidine rings is 1. The van der Waals surface area contributed by atoms with Crippen molar-refractivity contribution in [1.82, 2.24) is 24.8 Å². The summed E-state index contributed by atoms with van der Waals surface area (Å²) in [6.07, 6.45) is 3.53. The summed E-state index contributed by atoms with van der Waals surface area (Å²) in [6, 6.07) is 0.398. The first-order valence-corrected chi connectivity index (χ1v) is 9.59. The molecule has 0 N–H and O–H groups in total. The minimum Gasteiger partial charge on any atom is -0.339 e. The Morgan fingerprint density at radius 3 is 2.52 bits per heavy atom. The minimum absolute atomic E-state index is 0.289. The molecule has 3 rings (SSSR count). The zero-order chi connectivity index (χ0) is 17.8. The molecule has 3 heterocycles. The van der Waals surface area contributed by atoms with Crippen LogP contribution in [-0.2, 0) is 11.3 Å². The Bertz CT molecular complexity index is 566. The van der Waals surface area contributed by atoms with Gasteiger partial charge in [-0.05, 0) is 26.2 Å². The van der Waals surface area contributed by atoms with Gasteiger partial charge in [0.1, 0.15) is 0 Å². The fourth-order valence-electron chi connectivity index (χ4n) is 3.61. The van der Waals surface area contributed by atoms with Crippen LogP contribution in [0.5, 0.6) is 0 Å². The molecular formula is C18H31N5O2. The third kappa shape index (κ3) is 4.79. The minimum atomic E-state index is 0.289. The summed E-state index contributed by atoms with van der Waals surface area (Å²) >= 11 is 0. The van der Waals surface area contributed by atoms with Crippen LogP contribution in [0.4, 0.5) is 0 Å². The third-order valence-electron chi connectivity index (χ3n) is 5.31. The number of hydrogen-bond donors (Lipinski definition) is 0. The zero-order valence-corrected chi connectivity index (χ0v) is 15.8. The number of hydrogen-bond acceptors (Lipinski definition) is 6. The molecule has 1 unspecified atom stereocenters. The highest BCUT2D eigenvalue weighted by Gasteiger charge is 2.26. The van der Waals surface area contributed by atoms with Crippen LogP contribution >= 0.6 is 0 Å². The molecule has 0 radical (unpaired) electrons. The number of amides is 1. The van der Waals surface area contributed by atoms with Crippen molar-refractivity contribution in [2.75, 3.05) is 39.3 Å². The van der Waals surface area contributed by atoms with Crippen molar-refractivity contribution in [2.24, 2.45) is 0 Å². The number of likely N-dealkylation sites (tertiary alicyclic amines) is 1. The predicted octanol–water partition coefficient (Wildman–Crippen LogP) is 1.71. The van der Waals surface area contributed by atoms with Gasteiger partial charge in [0.15, 0.2) is 5.82 Å². The average molecular weight is 349 g/mol. The number of aromatic nitrogens is 2. The van der Waals surface area contributed by atoms with E-state index in [1.807, 2.05) is 0 Å². The molecule has 2 aliphatic heterocycles. The van der Waals surface area contributed by atoms with Gasteiger partial charge < -0.3 is 9.42 Å². The second-order valence-electron chi connectivity index (χ2n) is 7.69. The van der Waals surface area contributed by atoms with Gasteiger partial charge in [0, 0.05) is 44.7 Å². The van der Waals surface area contributed by atoms with Crippen molar-refractivity contribution in [1.29, 1.82) is 0 Å². The van der Waals surface area contributed by atoms with E-state index >= 15 is 0 Å². The largest absolute Gasteiger partial charge is 0.339 e. The lowest BCUT2D eigenvalue weighted by atomic mass is 10.0. The summed E-state index contributed by atoms with van der Waals surface area (Å²) in [5.74, 6) is 2.04. The van der Waals surface area contributed by atoms with E-state index in [0.29, 0.717) is 30.9 Å². The van der Waals surface area contributed by atoms with Crippen LogP contribution in [0.2, 0.25) is 0 Å². The van der Waals surface area contributed by atoms with E-state index in [-0.39, 0.29) is 5.92 Å². The molecule has 2 fully saturated rings. The maximum atomic E-state index is 12.6. The van der Waals surface area contributed by atoms with Gasteiger partial charge in [0.25, 0.3) is 0 Å². The Labute approximate surface area is 150 Å². The van der Waals surface area contributed by atoms with Gasteiger partial charge in [0.2, 0.25) is 11.8 Å². The molecule has 1 amide bonds. The Kier molecular flexibility index (Phi) is 6.06. The van der Waals surface area contributed by atoms with E-state index in [0.717, 1.165) is 51.4 Å². The predicted molar refractivity (Wildman–Crippen MR) is 95.1 cm³/mol. The van der Waals surface area contributed by atoms with Crippen LogP contribution in [0, 0.1) is 0 Å². The van der Waals surface area contributed by atoms with Gasteiger partial charge in [-0.2, -0.15) is 4.98 Å². The van der Waals surface area contributed by atoms with E-state index in [2.05, 4.69) is 45.6 Å². The Hall–Kier alpha value is -1.47. The second-order valence-corrected chi connectivity index (χ2v) is 7.69. The van der Waals surface area contributed by atoms with Gasteiger partial charge in [0.05, 0.1) is 13.1 Å². The van der Waals surface area contributed by atoms with Gasteiger partial charge in [-0.3, -0.25) is 14.6 Å². The molecule has 0 saturated carbocycles. The number of rotatable bonds is 5. The molecule has 1 aromatic rings. The van der Waals surface area contributed by atoms with Crippen molar-refractivity contribution in [3.8, 4) is 0 Å². The molecule has 140 valence electrons. The number of carbonyl (C=O) groups is 1. The summed E-state index contributed by atoms with van der Waals surface area (Å²) in [7, 11) is 0. The van der Waals surface area contributed by atoms with E-state index in [9.17, 15) is 4.79 Å². The first kappa shape index (κ1) is 18.3. The highest BCUT2D eigenvalue weighted by Crippen LogP contribution is 2.17. The topological polar surface area (TPSA) is 65.7 Å². The average Bonchev–Trinajstić information content (AvgIpc) is 3.06. The summed E-state index contributed by atoms with van der Waals surface area (Å²) in [6.45, 7) is 12.2. The summed E-state index contributed by atoms with van der Waals surface area (Å²) in [4.78, 5) is 23.7. The standard InChI is InChI=1S/C18H31N5O2/c1-14(2)18-19-16(25-20-18)12-21-8-10-22(11-9-21)13-17(24)23-7-5-4-6-15(23)3/h14-15H,4-13H2,1-3H3. The molecular weight excluding hydrogens is 318 g/mol. The van der Waals surface area contributed by atoms with Crippen molar-refractivity contribution < 1.29 is 9.32 Å². The lowest BCUT2D eigenvalue weighted by Gasteiger charge is -2.37. The molecule has 2 saturated heterocycles. The smallest absolute Gasteiger partial charge is 0.240 e.